The molecule has 15 heteroatoms. The monoisotopic (exact) mass is 546 g/mol. The second kappa shape index (κ2) is 14.5. The van der Waals surface area contributed by atoms with Crippen LogP contribution >= 0.6 is 7.82 Å². The summed E-state index contributed by atoms with van der Waals surface area (Å²) in [5, 5.41) is 35.0. The molecular formula is C22H31N2O12P. The van der Waals surface area contributed by atoms with E-state index in [9.17, 15) is 5.11 Å². The normalized spacial score (nSPS) is 11.0. The number of hydrogen-bond donors (Lipinski definition) is 8. The molecule has 0 fully saturated rings. The van der Waals surface area contributed by atoms with Crippen molar-refractivity contribution >= 4 is 7.82 Å². The highest BCUT2D eigenvalue weighted by atomic mass is 31.2. The number of aliphatic hydroxyl groups is 3. The number of aliphatic hydroxyl groups excluding tert-OH is 3. The van der Waals surface area contributed by atoms with Crippen molar-refractivity contribution in [2.45, 2.75) is 5.54 Å². The van der Waals surface area contributed by atoms with Crippen LogP contribution in [-0.4, -0.2) is 86.8 Å². The molecule has 0 aliphatic heterocycles. The zero-order chi connectivity index (χ0) is 28.2. The van der Waals surface area contributed by atoms with Gasteiger partial charge < -0.3 is 59.5 Å². The molecule has 206 valence electrons. The SMILES string of the molecule is COc1cc(OC)cc(-c2ncoc2-c2ccc(OC)c(O)c2)c1.NC(CO)(CO)CO.O=P(O)(O)O. The van der Waals surface area contributed by atoms with Gasteiger partial charge in [0.05, 0.1) is 46.7 Å². The van der Waals surface area contributed by atoms with Crippen molar-refractivity contribution in [2.24, 2.45) is 5.73 Å². The smallest absolute Gasteiger partial charge is 0.466 e. The van der Waals surface area contributed by atoms with Crippen LogP contribution in [0.5, 0.6) is 23.0 Å². The lowest BCUT2D eigenvalue weighted by Crippen LogP contribution is -2.50. The Morgan fingerprint density at radius 2 is 1.41 bits per heavy atom. The van der Waals surface area contributed by atoms with Gasteiger partial charge in [0.15, 0.2) is 23.7 Å². The summed E-state index contributed by atoms with van der Waals surface area (Å²) in [5.74, 6) is 2.25. The Labute approximate surface area is 212 Å². The van der Waals surface area contributed by atoms with Gasteiger partial charge in [-0.3, -0.25) is 0 Å². The molecule has 9 N–H and O–H groups in total. The highest BCUT2D eigenvalue weighted by Crippen LogP contribution is 2.38. The topological polar surface area (TPSA) is 238 Å². The predicted molar refractivity (Wildman–Crippen MR) is 131 cm³/mol. The molecular weight excluding hydrogens is 515 g/mol. The second-order valence-electron chi connectivity index (χ2n) is 7.37. The zero-order valence-electron chi connectivity index (χ0n) is 20.3. The molecule has 14 nitrogen and oxygen atoms in total. The van der Waals surface area contributed by atoms with Crippen molar-refractivity contribution in [1.29, 1.82) is 0 Å². The van der Waals surface area contributed by atoms with E-state index in [4.69, 9.17) is 58.9 Å². The van der Waals surface area contributed by atoms with E-state index in [1.807, 2.05) is 12.1 Å². The molecule has 3 rings (SSSR count). The summed E-state index contributed by atoms with van der Waals surface area (Å²) in [6.07, 6.45) is 1.36. The number of nitrogens with zero attached hydrogens (tertiary/aromatic N) is 1. The van der Waals surface area contributed by atoms with E-state index in [0.717, 1.165) is 5.56 Å². The number of phosphoric acid groups is 1. The van der Waals surface area contributed by atoms with Gasteiger partial charge >= 0.3 is 7.82 Å². The van der Waals surface area contributed by atoms with Crippen molar-refractivity contribution in [3.8, 4) is 45.6 Å². The Morgan fingerprint density at radius 1 is 0.892 bits per heavy atom. The summed E-state index contributed by atoms with van der Waals surface area (Å²) in [5.41, 5.74) is 6.03. The Kier molecular flexibility index (Phi) is 12.5. The van der Waals surface area contributed by atoms with Crippen LogP contribution in [0, 0.1) is 0 Å². The summed E-state index contributed by atoms with van der Waals surface area (Å²) < 4.78 is 30.1. The number of oxazole rings is 1. The molecule has 0 bridgehead atoms. The van der Waals surface area contributed by atoms with Crippen molar-refractivity contribution in [2.75, 3.05) is 41.2 Å². The van der Waals surface area contributed by atoms with E-state index in [2.05, 4.69) is 4.98 Å². The molecule has 0 atom stereocenters. The van der Waals surface area contributed by atoms with Crippen LogP contribution in [-0.2, 0) is 4.57 Å². The first kappa shape index (κ1) is 31.8. The van der Waals surface area contributed by atoms with Gasteiger partial charge in [-0.1, -0.05) is 0 Å². The van der Waals surface area contributed by atoms with Gasteiger partial charge in [-0.2, -0.15) is 0 Å². The molecule has 1 heterocycles. The maximum atomic E-state index is 9.99. The van der Waals surface area contributed by atoms with Gasteiger partial charge in [0.2, 0.25) is 0 Å². The Balaban J connectivity index is 0.000000438. The summed E-state index contributed by atoms with van der Waals surface area (Å²) >= 11 is 0. The number of methoxy groups -OCH3 is 3. The molecule has 0 saturated carbocycles. The van der Waals surface area contributed by atoms with Gasteiger partial charge in [-0.25, -0.2) is 9.55 Å². The summed E-state index contributed by atoms with van der Waals surface area (Å²) in [4.78, 5) is 25.9. The highest BCUT2D eigenvalue weighted by Gasteiger charge is 2.21. The Morgan fingerprint density at radius 3 is 1.78 bits per heavy atom. The molecule has 3 aromatic rings. The van der Waals surface area contributed by atoms with Crippen LogP contribution in [0.3, 0.4) is 0 Å². The number of benzene rings is 2. The van der Waals surface area contributed by atoms with Gasteiger partial charge in [0.1, 0.15) is 17.2 Å². The number of ether oxygens (including phenoxy) is 3. The fourth-order valence-corrected chi connectivity index (χ4v) is 2.58. The first-order valence-electron chi connectivity index (χ1n) is 10.3. The van der Waals surface area contributed by atoms with E-state index in [1.54, 1.807) is 38.5 Å². The van der Waals surface area contributed by atoms with E-state index in [1.165, 1.54) is 13.5 Å². The summed E-state index contributed by atoms with van der Waals surface area (Å²) in [6.45, 7) is -1.21. The minimum absolute atomic E-state index is 0.0283. The number of nitrogens with two attached hydrogens (primary N) is 1. The number of aromatic nitrogens is 1. The number of aromatic hydroxyl groups is 1. The molecule has 0 aliphatic carbocycles. The van der Waals surface area contributed by atoms with Crippen molar-refractivity contribution < 1.29 is 58.3 Å². The first-order chi connectivity index (χ1) is 17.3. The van der Waals surface area contributed by atoms with Crippen LogP contribution in [0.4, 0.5) is 0 Å². The van der Waals surface area contributed by atoms with Crippen molar-refractivity contribution in [3.05, 3.63) is 42.8 Å². The number of phenols is 1. The molecule has 0 aliphatic rings. The predicted octanol–water partition coefficient (Wildman–Crippen LogP) is 0.472. The Bertz CT molecular complexity index is 1120. The van der Waals surface area contributed by atoms with Gasteiger partial charge in [-0.05, 0) is 30.3 Å². The summed E-state index contributed by atoms with van der Waals surface area (Å²) in [7, 11) is 0.0324. The lowest BCUT2D eigenvalue weighted by atomic mass is 10.0. The molecule has 0 amide bonds. The fraction of sp³-hybridized carbons (Fsp3) is 0.318. The van der Waals surface area contributed by atoms with Crippen LogP contribution in [0.25, 0.3) is 22.6 Å². The average molecular weight is 546 g/mol. The van der Waals surface area contributed by atoms with E-state index in [0.29, 0.717) is 34.3 Å². The van der Waals surface area contributed by atoms with E-state index in [-0.39, 0.29) is 5.75 Å². The number of rotatable bonds is 8. The second-order valence-corrected chi connectivity index (χ2v) is 8.39. The van der Waals surface area contributed by atoms with Gasteiger partial charge in [0, 0.05) is 17.2 Å². The fourth-order valence-electron chi connectivity index (χ4n) is 2.58. The van der Waals surface area contributed by atoms with Gasteiger partial charge in [-0.15, -0.1) is 0 Å². The largest absolute Gasteiger partial charge is 0.504 e. The first-order valence-corrected chi connectivity index (χ1v) is 11.8. The minimum atomic E-state index is -4.64. The van der Waals surface area contributed by atoms with Crippen molar-refractivity contribution in [3.63, 3.8) is 0 Å². The molecule has 0 saturated heterocycles. The zero-order valence-corrected chi connectivity index (χ0v) is 21.2. The van der Waals surface area contributed by atoms with Crippen LogP contribution < -0.4 is 19.9 Å². The average Bonchev–Trinajstić information content (AvgIpc) is 3.37. The van der Waals surface area contributed by atoms with E-state index >= 15 is 0 Å². The third kappa shape index (κ3) is 10.4. The molecule has 0 unspecified atom stereocenters. The lowest BCUT2D eigenvalue weighted by Gasteiger charge is -2.20. The van der Waals surface area contributed by atoms with E-state index < -0.39 is 33.2 Å². The van der Waals surface area contributed by atoms with Crippen molar-refractivity contribution in [1.82, 2.24) is 4.98 Å². The molecule has 1 aromatic heterocycles. The number of hydrogen-bond acceptors (Lipinski definition) is 11. The van der Waals surface area contributed by atoms with Crippen LogP contribution in [0.2, 0.25) is 0 Å². The molecule has 0 spiro atoms. The Hall–Kier alpha value is -3.20. The van der Waals surface area contributed by atoms with Crippen LogP contribution in [0.1, 0.15) is 0 Å². The number of phenolic OH excluding ortho intramolecular Hbond substituents is 1. The lowest BCUT2D eigenvalue weighted by molar-refractivity contribution is 0.0697. The molecule has 2 aromatic carbocycles. The minimum Gasteiger partial charge on any atom is -0.504 e. The quantitative estimate of drug-likeness (QED) is 0.179. The van der Waals surface area contributed by atoms with Gasteiger partial charge in [0.25, 0.3) is 0 Å². The standard InChI is InChI=1S/C18H17NO5.C4H11NO3.H3O4P/c1-21-13-6-12(7-14(9-13)22-2)17-18(24-10-19-17)11-4-5-16(23-3)15(20)8-11;5-4(1-6,2-7)3-8;1-5(2,3)4/h4-10,20H,1-3H3;6-8H,1-3,5H2;(H3,1,2,3,4). The molecule has 0 radical (unpaired) electrons. The maximum Gasteiger partial charge on any atom is 0.466 e. The van der Waals surface area contributed by atoms with Crippen LogP contribution in [0.15, 0.2) is 47.2 Å². The third-order valence-corrected chi connectivity index (χ3v) is 4.58. The third-order valence-electron chi connectivity index (χ3n) is 4.58. The maximum absolute atomic E-state index is 9.99. The highest BCUT2D eigenvalue weighted by molar-refractivity contribution is 7.45. The molecule has 37 heavy (non-hydrogen) atoms. The summed E-state index contributed by atoms with van der Waals surface area (Å²) in [6, 6.07) is 10.5.